The van der Waals surface area contributed by atoms with Crippen LogP contribution in [-0.2, 0) is 9.47 Å². The molecule has 6 nitrogen and oxygen atoms in total. The lowest BCUT2D eigenvalue weighted by Crippen LogP contribution is -3.00. The standard InChI is InChI=1S/2C29H35NO2P.2HI/c2*1-29(2,3)32-28(31)30-21-19-24(20-22-30)23-33(25-13-7-4-8-14-25,26-15-9-5-10-16-26)27-17-11-6-12-18-27;;/h2*4-18,24H,19-23H2,1-3H3;2*1H/q2*+1;;/p-2. The zero-order chi connectivity index (χ0) is 46.6. The quantitative estimate of drug-likeness (QED) is 0.139. The number of hydrogen-bond acceptors (Lipinski definition) is 4. The summed E-state index contributed by atoms with van der Waals surface area (Å²) in [6, 6.07) is 66.4. The second kappa shape index (κ2) is 25.3. The summed E-state index contributed by atoms with van der Waals surface area (Å²) in [5.41, 5.74) is -0.912. The molecule has 6 aromatic rings. The Morgan fingerprint density at radius 2 is 0.588 bits per heavy atom. The highest BCUT2D eigenvalue weighted by molar-refractivity contribution is 7.96. The number of nitrogens with zero attached hydrogens (tertiary/aromatic N) is 2. The molecule has 2 fully saturated rings. The molecule has 2 aliphatic heterocycles. The normalized spacial score (nSPS) is 14.9. The van der Waals surface area contributed by atoms with E-state index in [-0.39, 0.29) is 60.1 Å². The molecule has 360 valence electrons. The minimum absolute atomic E-state index is 0. The lowest BCUT2D eigenvalue weighted by Gasteiger charge is -2.36. The van der Waals surface area contributed by atoms with Gasteiger partial charge in [0.1, 0.15) is 57.6 Å². The topological polar surface area (TPSA) is 59.1 Å². The minimum atomic E-state index is -1.83. The molecule has 0 atom stereocenters. The van der Waals surface area contributed by atoms with E-state index in [9.17, 15) is 9.59 Å². The maximum atomic E-state index is 12.6. The predicted octanol–water partition coefficient (Wildman–Crippen LogP) is 5.26. The molecule has 0 unspecified atom stereocenters. The Balaban J connectivity index is 0.000000247. The van der Waals surface area contributed by atoms with Crippen molar-refractivity contribution in [1.29, 1.82) is 0 Å². The Kier molecular flexibility index (Phi) is 20.5. The van der Waals surface area contributed by atoms with Crippen molar-refractivity contribution >= 4 is 58.5 Å². The molecule has 10 heteroatoms. The predicted molar refractivity (Wildman–Crippen MR) is 281 cm³/mol. The molecule has 2 heterocycles. The van der Waals surface area contributed by atoms with Gasteiger partial charge in [-0.3, -0.25) is 0 Å². The first kappa shape index (κ1) is 55.1. The lowest BCUT2D eigenvalue weighted by molar-refractivity contribution is -0.00100. The molecule has 2 saturated heterocycles. The lowest BCUT2D eigenvalue weighted by atomic mass is 9.99. The van der Waals surface area contributed by atoms with Crippen molar-refractivity contribution in [3.05, 3.63) is 182 Å². The fraction of sp³-hybridized carbons (Fsp3) is 0.345. The molecule has 0 aromatic heterocycles. The van der Waals surface area contributed by atoms with E-state index in [1.54, 1.807) is 0 Å². The maximum Gasteiger partial charge on any atom is 0.410 e. The first-order valence-corrected chi connectivity index (χ1v) is 27.8. The van der Waals surface area contributed by atoms with Crippen molar-refractivity contribution in [3.63, 3.8) is 0 Å². The Morgan fingerprint density at radius 3 is 0.765 bits per heavy atom. The van der Waals surface area contributed by atoms with Crippen LogP contribution < -0.4 is 79.8 Å². The van der Waals surface area contributed by atoms with Crippen molar-refractivity contribution < 1.29 is 67.0 Å². The second-order valence-corrected chi connectivity index (χ2v) is 26.9. The van der Waals surface area contributed by atoms with E-state index in [2.05, 4.69) is 182 Å². The summed E-state index contributed by atoms with van der Waals surface area (Å²) in [7, 11) is -3.67. The Hall–Kier alpha value is -3.82. The number of likely N-dealkylation sites (tertiary alicyclic amines) is 2. The monoisotopic (exact) mass is 1170 g/mol. The molecule has 0 aliphatic carbocycles. The van der Waals surface area contributed by atoms with Crippen LogP contribution in [-0.4, -0.2) is 71.7 Å². The summed E-state index contributed by atoms with van der Waals surface area (Å²) in [5.74, 6) is 1.11. The fourth-order valence-electron chi connectivity index (χ4n) is 9.65. The Morgan fingerprint density at radius 1 is 0.397 bits per heavy atom. The van der Waals surface area contributed by atoms with Crippen molar-refractivity contribution in [1.82, 2.24) is 9.80 Å². The van der Waals surface area contributed by atoms with E-state index in [4.69, 9.17) is 9.47 Å². The van der Waals surface area contributed by atoms with Crippen molar-refractivity contribution in [2.75, 3.05) is 38.5 Å². The third-order valence-electron chi connectivity index (χ3n) is 12.8. The smallest absolute Gasteiger partial charge is 0.410 e. The van der Waals surface area contributed by atoms with E-state index in [1.807, 2.05) is 51.3 Å². The van der Waals surface area contributed by atoms with Gasteiger partial charge in [0, 0.05) is 26.2 Å². The molecule has 2 amide bonds. The average molecular weight is 1170 g/mol. The van der Waals surface area contributed by atoms with Gasteiger partial charge in [-0.05, 0) is 152 Å². The summed E-state index contributed by atoms with van der Waals surface area (Å²) < 4.78 is 11.2. The number of rotatable bonds is 10. The number of carbonyl (C=O) groups excluding carboxylic acids is 2. The zero-order valence-electron chi connectivity index (χ0n) is 40.7. The van der Waals surface area contributed by atoms with E-state index in [0.29, 0.717) is 11.8 Å². The molecule has 68 heavy (non-hydrogen) atoms. The van der Waals surface area contributed by atoms with Gasteiger partial charge in [-0.1, -0.05) is 109 Å². The van der Waals surface area contributed by atoms with Crippen LogP contribution in [0.15, 0.2) is 182 Å². The van der Waals surface area contributed by atoms with Crippen LogP contribution in [0.3, 0.4) is 0 Å². The number of hydrogen-bond donors (Lipinski definition) is 0. The zero-order valence-corrected chi connectivity index (χ0v) is 46.8. The van der Waals surface area contributed by atoms with E-state index < -0.39 is 25.7 Å². The largest absolute Gasteiger partial charge is 1.00 e. The van der Waals surface area contributed by atoms with Gasteiger partial charge in [-0.25, -0.2) is 9.59 Å². The maximum absolute atomic E-state index is 12.6. The Bertz CT molecular complexity index is 2040. The van der Waals surface area contributed by atoms with Gasteiger partial charge in [0.05, 0.1) is 12.3 Å². The Labute approximate surface area is 442 Å². The van der Waals surface area contributed by atoms with Crippen LogP contribution in [0.1, 0.15) is 67.2 Å². The summed E-state index contributed by atoms with van der Waals surface area (Å²) in [5, 5.41) is 8.57. The highest BCUT2D eigenvalue weighted by atomic mass is 127. The van der Waals surface area contributed by atoms with Gasteiger partial charge in [-0.15, -0.1) is 0 Å². The van der Waals surface area contributed by atoms with Crippen LogP contribution >= 0.6 is 14.5 Å². The first-order valence-electron chi connectivity index (χ1n) is 23.8. The summed E-state index contributed by atoms with van der Waals surface area (Å²) in [6.45, 7) is 14.6. The second-order valence-electron chi connectivity index (χ2n) is 19.8. The van der Waals surface area contributed by atoms with E-state index in [1.165, 1.54) is 31.8 Å². The molecular formula is C58H70I2N2O4P2. The van der Waals surface area contributed by atoms with Gasteiger partial charge >= 0.3 is 12.2 Å². The van der Waals surface area contributed by atoms with Gasteiger partial charge in [0.25, 0.3) is 0 Å². The van der Waals surface area contributed by atoms with E-state index in [0.717, 1.165) is 64.2 Å². The van der Waals surface area contributed by atoms with Crippen LogP contribution in [0.5, 0.6) is 0 Å². The molecule has 0 spiro atoms. The highest BCUT2D eigenvalue weighted by Crippen LogP contribution is 2.58. The molecule has 0 N–H and O–H groups in total. The van der Waals surface area contributed by atoms with Gasteiger partial charge < -0.3 is 67.2 Å². The summed E-state index contributed by atoms with van der Waals surface area (Å²) in [4.78, 5) is 28.9. The molecule has 8 rings (SSSR count). The molecular weight excluding hydrogens is 1100 g/mol. The summed E-state index contributed by atoms with van der Waals surface area (Å²) in [6.07, 6.45) is 5.90. The number of piperidine rings is 2. The van der Waals surface area contributed by atoms with Crippen LogP contribution in [0.25, 0.3) is 0 Å². The third kappa shape index (κ3) is 14.2. The number of halogens is 2. The summed E-state index contributed by atoms with van der Waals surface area (Å²) >= 11 is 0. The van der Waals surface area contributed by atoms with Crippen LogP contribution in [0.4, 0.5) is 9.59 Å². The average Bonchev–Trinajstić information content (AvgIpc) is 3.34. The number of ether oxygens (including phenoxy) is 2. The molecule has 2 aliphatic rings. The van der Waals surface area contributed by atoms with E-state index >= 15 is 0 Å². The molecule has 0 radical (unpaired) electrons. The molecule has 0 bridgehead atoms. The number of carbonyl (C=O) groups is 2. The van der Waals surface area contributed by atoms with Gasteiger partial charge in [0.15, 0.2) is 0 Å². The third-order valence-corrected chi connectivity index (χ3v) is 22.0. The van der Waals surface area contributed by atoms with Crippen LogP contribution in [0, 0.1) is 11.8 Å². The van der Waals surface area contributed by atoms with Crippen molar-refractivity contribution in [3.8, 4) is 0 Å². The number of benzene rings is 6. The van der Waals surface area contributed by atoms with Crippen LogP contribution in [0.2, 0.25) is 0 Å². The molecule has 6 aromatic carbocycles. The van der Waals surface area contributed by atoms with Gasteiger partial charge in [0.2, 0.25) is 0 Å². The van der Waals surface area contributed by atoms with Crippen molar-refractivity contribution in [2.45, 2.75) is 78.4 Å². The number of amides is 2. The fourth-order valence-corrected chi connectivity index (χ4v) is 19.1. The van der Waals surface area contributed by atoms with Crippen molar-refractivity contribution in [2.24, 2.45) is 11.8 Å². The molecule has 0 saturated carbocycles. The van der Waals surface area contributed by atoms with Gasteiger partial charge in [-0.2, -0.15) is 0 Å². The highest BCUT2D eigenvalue weighted by Gasteiger charge is 2.49. The SMILES string of the molecule is CC(C)(C)OC(=O)N1CCC(C[P+](c2ccccc2)(c2ccccc2)c2ccccc2)CC1.CC(C)(C)OC(=O)N1CCC(C[P+](c2ccccc2)(c2ccccc2)c2ccccc2)CC1.[I-].[I-]. The first-order chi connectivity index (χ1) is 31.8. The minimum Gasteiger partial charge on any atom is -1.00 e.